The molecule has 1 unspecified atom stereocenters. The van der Waals surface area contributed by atoms with E-state index in [2.05, 4.69) is 21.2 Å². The fraction of sp³-hybridized carbons (Fsp3) is 0.133. The van der Waals surface area contributed by atoms with Crippen LogP contribution in [0.25, 0.3) is 0 Å². The zero-order valence-corrected chi connectivity index (χ0v) is 12.7. The number of hydrogen-bond acceptors (Lipinski definition) is 2. The third kappa shape index (κ3) is 3.58. The molecule has 0 saturated heterocycles. The molecule has 0 saturated carbocycles. The molecule has 0 aliphatic heterocycles. The lowest BCUT2D eigenvalue weighted by atomic mass is 10.1. The van der Waals surface area contributed by atoms with Gasteiger partial charge in [0.2, 0.25) is 5.91 Å². The molecule has 0 bridgehead atoms. The number of nitrogens with one attached hydrogen (secondary N) is 1. The lowest BCUT2D eigenvalue weighted by molar-refractivity contribution is 0.100. The van der Waals surface area contributed by atoms with Gasteiger partial charge in [0.1, 0.15) is 11.6 Å². The van der Waals surface area contributed by atoms with Gasteiger partial charge in [0.15, 0.2) is 0 Å². The number of benzene rings is 2. The molecule has 0 aliphatic rings. The Morgan fingerprint density at radius 3 is 2.52 bits per heavy atom. The average Bonchev–Trinajstić information content (AvgIpc) is 2.43. The zero-order chi connectivity index (χ0) is 15.6. The quantitative estimate of drug-likeness (QED) is 0.871. The van der Waals surface area contributed by atoms with E-state index < -0.39 is 23.6 Å². The van der Waals surface area contributed by atoms with Gasteiger partial charge in [-0.1, -0.05) is 15.9 Å². The van der Waals surface area contributed by atoms with Crippen molar-refractivity contribution in [2.24, 2.45) is 5.73 Å². The van der Waals surface area contributed by atoms with E-state index in [0.29, 0.717) is 5.56 Å². The van der Waals surface area contributed by atoms with Crippen LogP contribution in [0.15, 0.2) is 40.9 Å². The molecule has 21 heavy (non-hydrogen) atoms. The highest BCUT2D eigenvalue weighted by Gasteiger charge is 2.14. The van der Waals surface area contributed by atoms with Gasteiger partial charge >= 0.3 is 0 Å². The molecule has 0 aromatic heterocycles. The third-order valence-corrected chi connectivity index (χ3v) is 3.54. The van der Waals surface area contributed by atoms with Crippen LogP contribution in [0.5, 0.6) is 0 Å². The molecule has 0 radical (unpaired) electrons. The summed E-state index contributed by atoms with van der Waals surface area (Å²) >= 11 is 3.27. The summed E-state index contributed by atoms with van der Waals surface area (Å²) in [6.45, 7) is 1.70. The van der Waals surface area contributed by atoms with Crippen LogP contribution in [0, 0.1) is 11.6 Å². The Bertz CT molecular complexity index is 691. The number of primary amides is 1. The second-order valence-electron chi connectivity index (χ2n) is 4.59. The molecule has 0 spiro atoms. The minimum absolute atomic E-state index is 0.0955. The Kier molecular flexibility index (Phi) is 4.57. The fourth-order valence-corrected chi connectivity index (χ4v) is 2.33. The molecule has 6 heteroatoms. The van der Waals surface area contributed by atoms with Crippen molar-refractivity contribution < 1.29 is 13.6 Å². The molecule has 2 rings (SSSR count). The normalized spacial score (nSPS) is 12.0. The maximum absolute atomic E-state index is 13.8. The minimum atomic E-state index is -0.653. The molecular formula is C15H13BrF2N2O. The van der Waals surface area contributed by atoms with Crippen molar-refractivity contribution in [1.29, 1.82) is 0 Å². The van der Waals surface area contributed by atoms with Crippen molar-refractivity contribution in [2.45, 2.75) is 13.0 Å². The van der Waals surface area contributed by atoms with Gasteiger partial charge in [0, 0.05) is 15.6 Å². The molecule has 110 valence electrons. The maximum Gasteiger partial charge on any atom is 0.248 e. The van der Waals surface area contributed by atoms with Crippen LogP contribution in [0.3, 0.4) is 0 Å². The molecule has 1 amide bonds. The molecule has 0 heterocycles. The fourth-order valence-electron chi connectivity index (χ4n) is 1.95. The Morgan fingerprint density at radius 2 is 1.86 bits per heavy atom. The molecule has 0 aliphatic carbocycles. The largest absolute Gasteiger partial charge is 0.376 e. The number of carbonyl (C=O) groups excluding carboxylic acids is 1. The van der Waals surface area contributed by atoms with Crippen molar-refractivity contribution in [3.05, 3.63) is 63.6 Å². The lowest BCUT2D eigenvalue weighted by Gasteiger charge is -2.17. The summed E-state index contributed by atoms with van der Waals surface area (Å²) in [7, 11) is 0. The predicted molar refractivity (Wildman–Crippen MR) is 81.1 cm³/mol. The van der Waals surface area contributed by atoms with Crippen molar-refractivity contribution in [3.63, 3.8) is 0 Å². The van der Waals surface area contributed by atoms with Crippen molar-refractivity contribution >= 4 is 27.5 Å². The standard InChI is InChI=1S/C15H13BrF2N2O/c1-8(11-7-10(16)3-5-12(11)17)20-14-6-9(15(19)21)2-4-13(14)18/h2-8,20H,1H3,(H2,19,21). The van der Waals surface area contributed by atoms with Crippen LogP contribution >= 0.6 is 15.9 Å². The highest BCUT2D eigenvalue weighted by Crippen LogP contribution is 2.26. The summed E-state index contributed by atoms with van der Waals surface area (Å²) in [6.07, 6.45) is 0. The Hall–Kier alpha value is -1.95. The van der Waals surface area contributed by atoms with E-state index in [-0.39, 0.29) is 11.3 Å². The van der Waals surface area contributed by atoms with Crippen molar-refractivity contribution in [3.8, 4) is 0 Å². The first-order valence-corrected chi connectivity index (χ1v) is 6.98. The van der Waals surface area contributed by atoms with Crippen LogP contribution in [-0.4, -0.2) is 5.91 Å². The molecule has 0 fully saturated rings. The Labute approximate surface area is 129 Å². The van der Waals surface area contributed by atoms with Gasteiger partial charge in [-0.15, -0.1) is 0 Å². The van der Waals surface area contributed by atoms with Gasteiger partial charge in [0.25, 0.3) is 0 Å². The van der Waals surface area contributed by atoms with Crippen LogP contribution < -0.4 is 11.1 Å². The van der Waals surface area contributed by atoms with Gasteiger partial charge in [0.05, 0.1) is 11.7 Å². The number of hydrogen-bond donors (Lipinski definition) is 2. The van der Waals surface area contributed by atoms with E-state index in [1.165, 1.54) is 18.2 Å². The molecular weight excluding hydrogens is 342 g/mol. The van der Waals surface area contributed by atoms with E-state index in [1.54, 1.807) is 19.1 Å². The summed E-state index contributed by atoms with van der Waals surface area (Å²) in [5, 5.41) is 2.85. The number of anilines is 1. The van der Waals surface area contributed by atoms with E-state index in [9.17, 15) is 13.6 Å². The third-order valence-electron chi connectivity index (χ3n) is 3.05. The van der Waals surface area contributed by atoms with E-state index >= 15 is 0 Å². The van der Waals surface area contributed by atoms with E-state index in [1.807, 2.05) is 0 Å². The van der Waals surface area contributed by atoms with Gasteiger partial charge in [-0.25, -0.2) is 8.78 Å². The predicted octanol–water partition coefficient (Wildman–Crippen LogP) is 4.00. The Morgan fingerprint density at radius 1 is 1.19 bits per heavy atom. The Balaban J connectivity index is 2.31. The number of rotatable bonds is 4. The summed E-state index contributed by atoms with van der Waals surface area (Å²) in [4.78, 5) is 11.1. The SMILES string of the molecule is CC(Nc1cc(C(N)=O)ccc1F)c1cc(Br)ccc1F. The highest BCUT2D eigenvalue weighted by molar-refractivity contribution is 9.10. The number of halogens is 3. The van der Waals surface area contributed by atoms with Gasteiger partial charge in [-0.2, -0.15) is 0 Å². The van der Waals surface area contributed by atoms with Crippen LogP contribution in [-0.2, 0) is 0 Å². The smallest absolute Gasteiger partial charge is 0.248 e. The van der Waals surface area contributed by atoms with Crippen LogP contribution in [0.1, 0.15) is 28.9 Å². The van der Waals surface area contributed by atoms with Gasteiger partial charge < -0.3 is 11.1 Å². The molecule has 1 atom stereocenters. The van der Waals surface area contributed by atoms with Gasteiger partial charge in [-0.3, -0.25) is 4.79 Å². The first kappa shape index (κ1) is 15.4. The van der Waals surface area contributed by atoms with E-state index in [0.717, 1.165) is 10.5 Å². The monoisotopic (exact) mass is 354 g/mol. The second kappa shape index (κ2) is 6.22. The number of amides is 1. The molecule has 2 aromatic carbocycles. The lowest BCUT2D eigenvalue weighted by Crippen LogP contribution is -2.14. The van der Waals surface area contributed by atoms with Crippen LogP contribution in [0.4, 0.5) is 14.5 Å². The number of carbonyl (C=O) groups is 1. The zero-order valence-electron chi connectivity index (χ0n) is 11.2. The van der Waals surface area contributed by atoms with E-state index in [4.69, 9.17) is 5.73 Å². The minimum Gasteiger partial charge on any atom is -0.376 e. The highest BCUT2D eigenvalue weighted by atomic mass is 79.9. The second-order valence-corrected chi connectivity index (χ2v) is 5.51. The average molecular weight is 355 g/mol. The summed E-state index contributed by atoms with van der Waals surface area (Å²) in [6, 6.07) is 7.79. The first-order valence-electron chi connectivity index (χ1n) is 6.19. The van der Waals surface area contributed by atoms with Crippen molar-refractivity contribution in [2.75, 3.05) is 5.32 Å². The first-order chi connectivity index (χ1) is 9.88. The molecule has 3 N–H and O–H groups in total. The summed E-state index contributed by atoms with van der Waals surface area (Å²) in [5.74, 6) is -1.59. The van der Waals surface area contributed by atoms with Gasteiger partial charge in [-0.05, 0) is 43.3 Å². The topological polar surface area (TPSA) is 55.1 Å². The summed E-state index contributed by atoms with van der Waals surface area (Å²) < 4.78 is 28.3. The molecule has 2 aromatic rings. The summed E-state index contributed by atoms with van der Waals surface area (Å²) in [5.41, 5.74) is 5.82. The maximum atomic E-state index is 13.8. The van der Waals surface area contributed by atoms with Crippen molar-refractivity contribution in [1.82, 2.24) is 0 Å². The molecule has 3 nitrogen and oxygen atoms in total. The van der Waals surface area contributed by atoms with Crippen LogP contribution in [0.2, 0.25) is 0 Å². The number of nitrogens with two attached hydrogens (primary N) is 1.